The Hall–Kier alpha value is -3.50. The molecule has 4 heterocycles. The minimum Gasteiger partial charge on any atom is -0.486 e. The molecule has 4 aromatic rings. The fourth-order valence-corrected chi connectivity index (χ4v) is 3.98. The summed E-state index contributed by atoms with van der Waals surface area (Å²) < 4.78 is 20.4. The first-order valence-corrected chi connectivity index (χ1v) is 10.5. The molecular weight excluding hydrogens is 435 g/mol. The average Bonchev–Trinajstić information content (AvgIpc) is 3.28. The van der Waals surface area contributed by atoms with Crippen LogP contribution in [0, 0.1) is 5.82 Å². The van der Waals surface area contributed by atoms with Gasteiger partial charge in [-0.15, -0.1) is 5.10 Å². The van der Waals surface area contributed by atoms with Crippen LogP contribution in [0.5, 0.6) is 5.75 Å². The zero-order chi connectivity index (χ0) is 22.1. The van der Waals surface area contributed by atoms with Crippen molar-refractivity contribution in [2.24, 2.45) is 0 Å². The molecular formula is C21H20ClFN8O. The molecule has 0 bridgehead atoms. The first-order chi connectivity index (χ1) is 15.6. The standard InChI is InChI=1S/C21H20ClFN8O/c22-19-13(12-1-4-18(26-10-12)31-7-5-25-6-8-31)2-3-15(23)14(19)11-32-16-9-17(24)27-21-20(16)28-30-29-21/h1-4,9-10,25H,5-8,11H2,(H3,24,27,28,29,30). The van der Waals surface area contributed by atoms with Crippen molar-refractivity contribution in [1.29, 1.82) is 0 Å². The van der Waals surface area contributed by atoms with E-state index in [0.29, 0.717) is 22.5 Å². The average molecular weight is 455 g/mol. The second-order valence-corrected chi connectivity index (χ2v) is 7.74. The number of ether oxygens (including phenoxy) is 1. The van der Waals surface area contributed by atoms with Gasteiger partial charge in [0.05, 0.1) is 5.02 Å². The second kappa shape index (κ2) is 8.56. The summed E-state index contributed by atoms with van der Waals surface area (Å²) in [4.78, 5) is 10.9. The highest BCUT2D eigenvalue weighted by Crippen LogP contribution is 2.34. The number of halogens is 2. The Morgan fingerprint density at radius 1 is 1.16 bits per heavy atom. The van der Waals surface area contributed by atoms with E-state index in [1.54, 1.807) is 12.3 Å². The molecule has 0 saturated carbocycles. The third-order valence-corrected chi connectivity index (χ3v) is 5.77. The third kappa shape index (κ3) is 3.90. The van der Waals surface area contributed by atoms with Gasteiger partial charge in [0, 0.05) is 55.1 Å². The molecule has 1 aliphatic rings. The van der Waals surface area contributed by atoms with Crippen LogP contribution in [0.25, 0.3) is 22.3 Å². The van der Waals surface area contributed by atoms with Crippen molar-refractivity contribution in [3.8, 4) is 16.9 Å². The smallest absolute Gasteiger partial charge is 0.207 e. The number of benzene rings is 1. The molecule has 0 unspecified atom stereocenters. The lowest BCUT2D eigenvalue weighted by Gasteiger charge is -2.28. The topological polar surface area (TPSA) is 118 Å². The van der Waals surface area contributed by atoms with Gasteiger partial charge in [-0.25, -0.2) is 14.4 Å². The first kappa shape index (κ1) is 20.4. The molecule has 11 heteroatoms. The van der Waals surface area contributed by atoms with Crippen LogP contribution >= 0.6 is 11.6 Å². The zero-order valence-corrected chi connectivity index (χ0v) is 17.7. The number of nitrogen functional groups attached to an aromatic ring is 1. The van der Waals surface area contributed by atoms with Gasteiger partial charge < -0.3 is 20.7 Å². The van der Waals surface area contributed by atoms with Crippen LogP contribution in [-0.2, 0) is 6.61 Å². The summed E-state index contributed by atoms with van der Waals surface area (Å²) in [6.45, 7) is 3.56. The first-order valence-electron chi connectivity index (χ1n) is 10.1. The Morgan fingerprint density at radius 2 is 2.00 bits per heavy atom. The Bertz CT molecular complexity index is 1260. The van der Waals surface area contributed by atoms with Crippen LogP contribution in [0.3, 0.4) is 0 Å². The lowest BCUT2D eigenvalue weighted by atomic mass is 10.0. The molecule has 164 valence electrons. The van der Waals surface area contributed by atoms with Crippen molar-refractivity contribution in [2.45, 2.75) is 6.61 Å². The van der Waals surface area contributed by atoms with Gasteiger partial charge in [-0.2, -0.15) is 10.3 Å². The number of pyridine rings is 2. The van der Waals surface area contributed by atoms with Crippen LogP contribution in [0.1, 0.15) is 5.56 Å². The molecule has 5 rings (SSSR count). The summed E-state index contributed by atoms with van der Waals surface area (Å²) >= 11 is 6.59. The number of nitrogens with two attached hydrogens (primary N) is 1. The van der Waals surface area contributed by atoms with E-state index in [1.807, 2.05) is 12.1 Å². The minimum atomic E-state index is -0.470. The summed E-state index contributed by atoms with van der Waals surface area (Å²) in [5, 5.41) is 14.0. The van der Waals surface area contributed by atoms with Crippen molar-refractivity contribution in [2.75, 3.05) is 36.8 Å². The normalized spacial score (nSPS) is 14.1. The zero-order valence-electron chi connectivity index (χ0n) is 17.0. The summed E-state index contributed by atoms with van der Waals surface area (Å²) in [5.41, 5.74) is 8.20. The van der Waals surface area contributed by atoms with Gasteiger partial charge in [-0.1, -0.05) is 11.6 Å². The van der Waals surface area contributed by atoms with Crippen LogP contribution in [0.15, 0.2) is 36.5 Å². The van der Waals surface area contributed by atoms with Gasteiger partial charge in [0.1, 0.15) is 24.1 Å². The van der Waals surface area contributed by atoms with Crippen molar-refractivity contribution in [1.82, 2.24) is 30.7 Å². The van der Waals surface area contributed by atoms with E-state index in [4.69, 9.17) is 22.1 Å². The molecule has 1 aliphatic heterocycles. The third-order valence-electron chi connectivity index (χ3n) is 5.33. The van der Waals surface area contributed by atoms with E-state index < -0.39 is 5.82 Å². The monoisotopic (exact) mass is 454 g/mol. The molecule has 0 spiro atoms. The van der Waals surface area contributed by atoms with E-state index in [1.165, 1.54) is 12.1 Å². The number of piperazine rings is 1. The maximum absolute atomic E-state index is 14.6. The SMILES string of the molecule is Nc1cc(OCc2c(F)ccc(-c3ccc(N4CCNCC4)nc3)c2Cl)c2n[nH]nc2n1. The van der Waals surface area contributed by atoms with E-state index in [2.05, 4.69) is 35.6 Å². The number of hydrogen-bond acceptors (Lipinski definition) is 8. The molecule has 1 fully saturated rings. The van der Waals surface area contributed by atoms with Gasteiger partial charge in [-0.3, -0.25) is 0 Å². The lowest BCUT2D eigenvalue weighted by Crippen LogP contribution is -2.43. The summed E-state index contributed by atoms with van der Waals surface area (Å²) in [6, 6.07) is 8.42. The highest BCUT2D eigenvalue weighted by atomic mass is 35.5. The number of anilines is 2. The van der Waals surface area contributed by atoms with Gasteiger partial charge in [0.25, 0.3) is 0 Å². The van der Waals surface area contributed by atoms with Crippen LogP contribution in [0.4, 0.5) is 16.0 Å². The fourth-order valence-electron chi connectivity index (χ4n) is 3.67. The lowest BCUT2D eigenvalue weighted by molar-refractivity contribution is 0.303. The molecule has 0 amide bonds. The van der Waals surface area contributed by atoms with E-state index in [9.17, 15) is 4.39 Å². The number of rotatable bonds is 5. The summed E-state index contributed by atoms with van der Waals surface area (Å²) in [7, 11) is 0. The van der Waals surface area contributed by atoms with Crippen molar-refractivity contribution < 1.29 is 9.13 Å². The largest absolute Gasteiger partial charge is 0.486 e. The molecule has 0 aliphatic carbocycles. The Balaban J connectivity index is 1.40. The second-order valence-electron chi connectivity index (χ2n) is 7.36. The molecule has 32 heavy (non-hydrogen) atoms. The van der Waals surface area contributed by atoms with E-state index in [-0.39, 0.29) is 23.0 Å². The molecule has 1 saturated heterocycles. The van der Waals surface area contributed by atoms with E-state index >= 15 is 0 Å². The highest BCUT2D eigenvalue weighted by Gasteiger charge is 2.17. The van der Waals surface area contributed by atoms with Crippen molar-refractivity contribution in [3.05, 3.63) is 52.9 Å². The Labute approximate surface area is 187 Å². The summed E-state index contributed by atoms with van der Waals surface area (Å²) in [6.07, 6.45) is 1.75. The number of nitrogens with one attached hydrogen (secondary N) is 2. The van der Waals surface area contributed by atoms with Gasteiger partial charge in [0.15, 0.2) is 11.3 Å². The van der Waals surface area contributed by atoms with Gasteiger partial charge >= 0.3 is 0 Å². The van der Waals surface area contributed by atoms with Gasteiger partial charge in [-0.05, 0) is 24.3 Å². The Kier molecular flexibility index (Phi) is 5.46. The number of fused-ring (bicyclic) bond motifs is 1. The predicted molar refractivity (Wildman–Crippen MR) is 120 cm³/mol. The highest BCUT2D eigenvalue weighted by molar-refractivity contribution is 6.34. The number of nitrogens with zero attached hydrogens (tertiary/aromatic N) is 5. The number of aromatic nitrogens is 5. The molecule has 1 aromatic carbocycles. The van der Waals surface area contributed by atoms with Crippen LogP contribution in [0.2, 0.25) is 5.02 Å². The fraction of sp³-hybridized carbons (Fsp3) is 0.238. The molecule has 4 N–H and O–H groups in total. The minimum absolute atomic E-state index is 0.115. The number of aromatic amines is 1. The van der Waals surface area contributed by atoms with Gasteiger partial charge in [0.2, 0.25) is 5.65 Å². The molecule has 0 atom stereocenters. The van der Waals surface area contributed by atoms with Crippen LogP contribution in [-0.4, -0.2) is 51.6 Å². The molecule has 9 nitrogen and oxygen atoms in total. The number of hydrogen-bond donors (Lipinski definition) is 3. The van der Waals surface area contributed by atoms with Crippen LogP contribution < -0.4 is 20.7 Å². The number of H-pyrrole nitrogens is 1. The summed E-state index contributed by atoms with van der Waals surface area (Å²) in [5.74, 6) is 0.994. The predicted octanol–water partition coefficient (Wildman–Crippen LogP) is 2.78. The quantitative estimate of drug-likeness (QED) is 0.421. The maximum atomic E-state index is 14.6. The Morgan fingerprint density at radius 3 is 2.78 bits per heavy atom. The van der Waals surface area contributed by atoms with Crippen molar-refractivity contribution >= 4 is 34.4 Å². The van der Waals surface area contributed by atoms with E-state index in [0.717, 1.165) is 37.6 Å². The maximum Gasteiger partial charge on any atom is 0.207 e. The molecule has 3 aromatic heterocycles. The molecule has 0 radical (unpaired) electrons. The van der Waals surface area contributed by atoms with Crippen molar-refractivity contribution in [3.63, 3.8) is 0 Å².